The fourth-order valence-corrected chi connectivity index (χ4v) is 2.64. The minimum absolute atomic E-state index is 0.0715. The predicted octanol–water partition coefficient (Wildman–Crippen LogP) is 1.25. The van der Waals surface area contributed by atoms with E-state index >= 15 is 0 Å². The van der Waals surface area contributed by atoms with Crippen LogP contribution in [0, 0.1) is 5.82 Å². The third kappa shape index (κ3) is 5.33. The van der Waals surface area contributed by atoms with Crippen molar-refractivity contribution in [2.45, 2.75) is 12.8 Å². The van der Waals surface area contributed by atoms with Gasteiger partial charge < -0.3 is 14.5 Å². The van der Waals surface area contributed by atoms with E-state index in [-0.39, 0.29) is 29.9 Å². The number of halogens is 1. The molecule has 1 fully saturated rings. The van der Waals surface area contributed by atoms with E-state index in [1.54, 1.807) is 12.1 Å². The fraction of sp³-hybridized carbons (Fsp3) is 0.471. The molecule has 1 aliphatic rings. The minimum atomic E-state index is -0.389. The van der Waals surface area contributed by atoms with Crippen LogP contribution in [-0.2, 0) is 11.2 Å². The molecule has 0 spiro atoms. The van der Waals surface area contributed by atoms with Gasteiger partial charge in [0, 0.05) is 19.6 Å². The van der Waals surface area contributed by atoms with E-state index in [0.29, 0.717) is 12.1 Å². The van der Waals surface area contributed by atoms with Crippen LogP contribution in [0.15, 0.2) is 28.7 Å². The van der Waals surface area contributed by atoms with Gasteiger partial charge in [0.1, 0.15) is 5.82 Å². The highest BCUT2D eigenvalue weighted by molar-refractivity contribution is 5.89. The Labute approximate surface area is 145 Å². The van der Waals surface area contributed by atoms with Crippen molar-refractivity contribution in [3.8, 4) is 0 Å². The third-order valence-corrected chi connectivity index (χ3v) is 3.95. The van der Waals surface area contributed by atoms with Crippen LogP contribution >= 0.6 is 0 Å². The van der Waals surface area contributed by atoms with Gasteiger partial charge in [-0.25, -0.2) is 4.39 Å². The summed E-state index contributed by atoms with van der Waals surface area (Å²) in [7, 11) is 0. The van der Waals surface area contributed by atoms with Crippen molar-refractivity contribution < 1.29 is 18.3 Å². The molecule has 25 heavy (non-hydrogen) atoms. The van der Waals surface area contributed by atoms with E-state index in [9.17, 15) is 9.18 Å². The minimum Gasteiger partial charge on any atom is -0.417 e. The Kier molecular flexibility index (Phi) is 6.08. The molecule has 8 heteroatoms. The van der Waals surface area contributed by atoms with Crippen molar-refractivity contribution in [2.24, 2.45) is 0 Å². The van der Waals surface area contributed by atoms with E-state index < -0.39 is 0 Å². The lowest BCUT2D eigenvalue weighted by atomic mass is 10.1. The molecule has 1 amide bonds. The summed E-state index contributed by atoms with van der Waals surface area (Å²) in [6.45, 7) is 4.85. The smallest absolute Gasteiger partial charge is 0.308 e. The second-order valence-electron chi connectivity index (χ2n) is 5.87. The lowest BCUT2D eigenvalue weighted by molar-refractivity contribution is 0.0374. The van der Waals surface area contributed by atoms with Gasteiger partial charge in [0.2, 0.25) is 5.89 Å². The van der Waals surface area contributed by atoms with Crippen LogP contribution in [0.3, 0.4) is 0 Å². The van der Waals surface area contributed by atoms with Gasteiger partial charge >= 0.3 is 11.8 Å². The largest absolute Gasteiger partial charge is 0.417 e. The predicted molar refractivity (Wildman–Crippen MR) is 87.7 cm³/mol. The number of aromatic nitrogens is 2. The maximum absolute atomic E-state index is 13.2. The van der Waals surface area contributed by atoms with Crippen molar-refractivity contribution in [1.82, 2.24) is 20.4 Å². The lowest BCUT2D eigenvalue weighted by Gasteiger charge is -2.26. The molecule has 0 atom stereocenters. The number of morpholine rings is 1. The van der Waals surface area contributed by atoms with E-state index in [2.05, 4.69) is 20.4 Å². The Morgan fingerprint density at radius 1 is 1.28 bits per heavy atom. The van der Waals surface area contributed by atoms with Crippen LogP contribution in [-0.4, -0.2) is 60.4 Å². The van der Waals surface area contributed by atoms with Crippen molar-refractivity contribution in [3.05, 3.63) is 47.4 Å². The Morgan fingerprint density at radius 2 is 2.12 bits per heavy atom. The highest BCUT2D eigenvalue weighted by Crippen LogP contribution is 2.10. The van der Waals surface area contributed by atoms with Crippen LogP contribution < -0.4 is 5.32 Å². The Bertz CT molecular complexity index is 701. The standard InChI is InChI=1S/C17H21FN4O3/c18-14-4-1-3-13(11-14)12-15-20-21-17(25-15)16(23)19-5-2-6-22-7-9-24-10-8-22/h1,3-4,11H,2,5-10,12H2,(H,19,23). The first-order valence-electron chi connectivity index (χ1n) is 8.36. The molecule has 7 nitrogen and oxygen atoms in total. The zero-order chi connectivity index (χ0) is 17.5. The van der Waals surface area contributed by atoms with Crippen LogP contribution in [0.1, 0.15) is 28.6 Å². The van der Waals surface area contributed by atoms with Crippen LogP contribution in [0.5, 0.6) is 0 Å². The monoisotopic (exact) mass is 348 g/mol. The van der Waals surface area contributed by atoms with Crippen molar-refractivity contribution in [3.63, 3.8) is 0 Å². The Hall–Kier alpha value is -2.32. The van der Waals surface area contributed by atoms with Crippen molar-refractivity contribution in [1.29, 1.82) is 0 Å². The first-order chi connectivity index (χ1) is 12.2. The van der Waals surface area contributed by atoms with E-state index in [4.69, 9.17) is 9.15 Å². The number of benzene rings is 1. The van der Waals surface area contributed by atoms with Gasteiger partial charge in [-0.2, -0.15) is 0 Å². The summed E-state index contributed by atoms with van der Waals surface area (Å²) < 4.78 is 23.8. The molecule has 1 aliphatic heterocycles. The first kappa shape index (κ1) is 17.5. The summed E-state index contributed by atoms with van der Waals surface area (Å²) in [5.41, 5.74) is 0.709. The summed E-state index contributed by atoms with van der Waals surface area (Å²) in [5.74, 6) is -0.503. The molecule has 0 bridgehead atoms. The zero-order valence-electron chi connectivity index (χ0n) is 13.9. The highest BCUT2D eigenvalue weighted by Gasteiger charge is 2.15. The van der Waals surface area contributed by atoms with E-state index in [0.717, 1.165) is 39.3 Å². The van der Waals surface area contributed by atoms with Gasteiger partial charge in [-0.05, 0) is 30.7 Å². The van der Waals surface area contributed by atoms with Gasteiger partial charge in [0.15, 0.2) is 0 Å². The second-order valence-corrected chi connectivity index (χ2v) is 5.87. The van der Waals surface area contributed by atoms with Crippen LogP contribution in [0.25, 0.3) is 0 Å². The molecule has 2 aromatic rings. The number of nitrogens with one attached hydrogen (secondary N) is 1. The molecule has 0 saturated carbocycles. The summed E-state index contributed by atoms with van der Waals surface area (Å²) >= 11 is 0. The molecular weight excluding hydrogens is 327 g/mol. The summed E-state index contributed by atoms with van der Waals surface area (Å²) in [5, 5.41) is 10.4. The molecule has 1 aromatic carbocycles. The van der Waals surface area contributed by atoms with E-state index in [1.807, 2.05) is 0 Å². The molecule has 2 heterocycles. The fourth-order valence-electron chi connectivity index (χ4n) is 2.64. The Balaban J connectivity index is 1.42. The number of rotatable bonds is 7. The zero-order valence-corrected chi connectivity index (χ0v) is 13.9. The highest BCUT2D eigenvalue weighted by atomic mass is 19.1. The van der Waals surface area contributed by atoms with Gasteiger partial charge in [-0.1, -0.05) is 12.1 Å². The molecule has 1 aromatic heterocycles. The number of ether oxygens (including phenoxy) is 1. The topological polar surface area (TPSA) is 80.5 Å². The molecule has 1 N–H and O–H groups in total. The first-order valence-corrected chi connectivity index (χ1v) is 8.36. The number of carbonyl (C=O) groups excluding carboxylic acids is 1. The maximum atomic E-state index is 13.2. The molecule has 0 radical (unpaired) electrons. The number of amides is 1. The van der Waals surface area contributed by atoms with Gasteiger partial charge in [0.05, 0.1) is 19.6 Å². The Morgan fingerprint density at radius 3 is 2.92 bits per heavy atom. The lowest BCUT2D eigenvalue weighted by Crippen LogP contribution is -2.38. The van der Waals surface area contributed by atoms with Gasteiger partial charge in [-0.15, -0.1) is 10.2 Å². The van der Waals surface area contributed by atoms with E-state index in [1.165, 1.54) is 12.1 Å². The number of hydrogen-bond acceptors (Lipinski definition) is 6. The SMILES string of the molecule is O=C(NCCCN1CCOCC1)c1nnc(Cc2cccc(F)c2)o1. The van der Waals surface area contributed by atoms with Crippen LogP contribution in [0.4, 0.5) is 4.39 Å². The average Bonchev–Trinajstić information content (AvgIpc) is 3.08. The summed E-state index contributed by atoms with van der Waals surface area (Å²) in [6.07, 6.45) is 1.13. The molecule has 0 aliphatic carbocycles. The quantitative estimate of drug-likeness (QED) is 0.759. The van der Waals surface area contributed by atoms with Crippen LogP contribution in [0.2, 0.25) is 0 Å². The summed E-state index contributed by atoms with van der Waals surface area (Å²) in [4.78, 5) is 14.3. The molecule has 134 valence electrons. The molecule has 0 unspecified atom stereocenters. The number of carbonyl (C=O) groups is 1. The third-order valence-electron chi connectivity index (χ3n) is 3.95. The van der Waals surface area contributed by atoms with Crippen molar-refractivity contribution >= 4 is 5.91 Å². The summed E-state index contributed by atoms with van der Waals surface area (Å²) in [6, 6.07) is 6.14. The molecule has 1 saturated heterocycles. The number of nitrogens with zero attached hydrogens (tertiary/aromatic N) is 3. The normalized spacial score (nSPS) is 15.2. The maximum Gasteiger partial charge on any atom is 0.308 e. The number of hydrogen-bond donors (Lipinski definition) is 1. The van der Waals surface area contributed by atoms with Gasteiger partial charge in [0.25, 0.3) is 0 Å². The average molecular weight is 348 g/mol. The molecule has 3 rings (SSSR count). The van der Waals surface area contributed by atoms with Crippen molar-refractivity contribution in [2.75, 3.05) is 39.4 Å². The van der Waals surface area contributed by atoms with Gasteiger partial charge in [-0.3, -0.25) is 9.69 Å². The molecular formula is C17H21FN4O3. The second kappa shape index (κ2) is 8.68.